The molecular formula is C11H15Br. The number of halogens is 1. The van der Waals surface area contributed by atoms with Crippen molar-refractivity contribution in [1.82, 2.24) is 0 Å². The minimum Gasteiger partial charge on any atom is -0.0876 e. The highest BCUT2D eigenvalue weighted by Gasteiger charge is 1.97. The van der Waals surface area contributed by atoms with E-state index in [1.165, 1.54) is 16.7 Å². The van der Waals surface area contributed by atoms with Crippen LogP contribution in [0.5, 0.6) is 0 Å². The molecule has 0 bridgehead atoms. The molecule has 0 atom stereocenters. The molecule has 0 fully saturated rings. The predicted octanol–water partition coefficient (Wildman–Crippen LogP) is 3.71. The lowest BCUT2D eigenvalue weighted by Gasteiger charge is -2.04. The van der Waals surface area contributed by atoms with Crippen LogP contribution >= 0.6 is 15.9 Å². The first kappa shape index (κ1) is 9.79. The van der Waals surface area contributed by atoms with Gasteiger partial charge in [-0.3, -0.25) is 0 Å². The molecule has 0 unspecified atom stereocenters. The van der Waals surface area contributed by atoms with Crippen LogP contribution in [0.3, 0.4) is 0 Å². The largest absolute Gasteiger partial charge is 0.0876 e. The van der Waals surface area contributed by atoms with Gasteiger partial charge in [-0.25, -0.2) is 0 Å². The molecule has 0 heterocycles. The molecule has 1 aromatic rings. The van der Waals surface area contributed by atoms with Gasteiger partial charge in [0.2, 0.25) is 0 Å². The van der Waals surface area contributed by atoms with E-state index in [2.05, 4.69) is 48.0 Å². The molecule has 0 N–H and O–H groups in total. The van der Waals surface area contributed by atoms with E-state index in [4.69, 9.17) is 0 Å². The molecule has 0 radical (unpaired) electrons. The Morgan fingerprint density at radius 3 is 1.67 bits per heavy atom. The zero-order valence-electron chi connectivity index (χ0n) is 7.73. The lowest BCUT2D eigenvalue weighted by Crippen LogP contribution is -1.89. The highest BCUT2D eigenvalue weighted by atomic mass is 79.9. The van der Waals surface area contributed by atoms with Crippen molar-refractivity contribution < 1.29 is 0 Å². The summed E-state index contributed by atoms with van der Waals surface area (Å²) in [6, 6.07) is 6.84. The van der Waals surface area contributed by atoms with Crippen molar-refractivity contribution in [2.75, 3.05) is 0 Å². The fourth-order valence-corrected chi connectivity index (χ4v) is 1.65. The van der Waals surface area contributed by atoms with Crippen molar-refractivity contribution in [2.45, 2.75) is 32.0 Å². The number of rotatable bonds is 3. The maximum absolute atomic E-state index is 3.48. The first-order chi connectivity index (χ1) is 5.80. The van der Waals surface area contributed by atoms with Crippen LogP contribution in [-0.2, 0) is 18.2 Å². The highest BCUT2D eigenvalue weighted by Crippen LogP contribution is 2.14. The minimum absolute atomic E-state index is 0.966. The van der Waals surface area contributed by atoms with Crippen LogP contribution in [0.1, 0.15) is 30.5 Å². The average Bonchev–Trinajstić information content (AvgIpc) is 2.16. The Kier molecular flexibility index (Phi) is 3.80. The zero-order chi connectivity index (χ0) is 8.97. The van der Waals surface area contributed by atoms with Gasteiger partial charge in [0.1, 0.15) is 0 Å². The summed E-state index contributed by atoms with van der Waals surface area (Å²) in [5, 5.41) is 0.966. The van der Waals surface area contributed by atoms with Crippen molar-refractivity contribution in [2.24, 2.45) is 0 Å². The number of benzene rings is 1. The molecular weight excluding hydrogens is 212 g/mol. The highest BCUT2D eigenvalue weighted by molar-refractivity contribution is 9.08. The summed E-state index contributed by atoms with van der Waals surface area (Å²) in [7, 11) is 0. The average molecular weight is 227 g/mol. The topological polar surface area (TPSA) is 0 Å². The van der Waals surface area contributed by atoms with Gasteiger partial charge >= 0.3 is 0 Å². The second-order valence-corrected chi connectivity index (χ2v) is 3.56. The molecule has 66 valence electrons. The summed E-state index contributed by atoms with van der Waals surface area (Å²) in [6.07, 6.45) is 2.27. The molecule has 1 aromatic carbocycles. The fourth-order valence-electron chi connectivity index (χ4n) is 1.32. The van der Waals surface area contributed by atoms with Crippen LogP contribution in [0, 0.1) is 0 Å². The van der Waals surface area contributed by atoms with E-state index in [0.29, 0.717) is 0 Å². The Bertz CT molecular complexity index is 198. The summed E-state index contributed by atoms with van der Waals surface area (Å²) >= 11 is 3.48. The Morgan fingerprint density at radius 1 is 0.917 bits per heavy atom. The van der Waals surface area contributed by atoms with Gasteiger partial charge in [-0.05, 0) is 29.5 Å². The van der Waals surface area contributed by atoms with E-state index in [-0.39, 0.29) is 0 Å². The van der Waals surface area contributed by atoms with Crippen molar-refractivity contribution in [3.05, 3.63) is 34.9 Å². The summed E-state index contributed by atoms with van der Waals surface area (Å²) in [6.45, 7) is 4.40. The van der Waals surface area contributed by atoms with E-state index < -0.39 is 0 Å². The summed E-state index contributed by atoms with van der Waals surface area (Å²) < 4.78 is 0. The second kappa shape index (κ2) is 4.66. The van der Waals surface area contributed by atoms with Crippen LogP contribution in [0.15, 0.2) is 18.2 Å². The van der Waals surface area contributed by atoms with E-state index in [9.17, 15) is 0 Å². The summed E-state index contributed by atoms with van der Waals surface area (Å²) in [5.74, 6) is 0. The maximum atomic E-state index is 3.48. The van der Waals surface area contributed by atoms with Gasteiger partial charge in [0.05, 0.1) is 0 Å². The Hall–Kier alpha value is -0.300. The summed E-state index contributed by atoms with van der Waals surface area (Å²) in [4.78, 5) is 0. The Morgan fingerprint density at radius 2 is 1.33 bits per heavy atom. The number of hydrogen-bond acceptors (Lipinski definition) is 0. The molecule has 0 amide bonds. The lowest BCUT2D eigenvalue weighted by atomic mass is 10.0. The first-order valence-electron chi connectivity index (χ1n) is 4.47. The number of hydrogen-bond donors (Lipinski definition) is 0. The van der Waals surface area contributed by atoms with Gasteiger partial charge in [-0.15, -0.1) is 0 Å². The maximum Gasteiger partial charge on any atom is 0.0283 e. The SMILES string of the molecule is CCc1cc(CC)cc(CBr)c1. The third-order valence-electron chi connectivity index (χ3n) is 2.08. The molecule has 1 rings (SSSR count). The third kappa shape index (κ3) is 2.34. The number of alkyl halides is 1. The van der Waals surface area contributed by atoms with Crippen molar-refractivity contribution >= 4 is 15.9 Å². The lowest BCUT2D eigenvalue weighted by molar-refractivity contribution is 1.07. The molecule has 12 heavy (non-hydrogen) atoms. The molecule has 0 aliphatic rings. The van der Waals surface area contributed by atoms with Crippen LogP contribution in [-0.4, -0.2) is 0 Å². The smallest absolute Gasteiger partial charge is 0.0283 e. The minimum atomic E-state index is 0.966. The van der Waals surface area contributed by atoms with E-state index >= 15 is 0 Å². The number of aryl methyl sites for hydroxylation is 2. The second-order valence-electron chi connectivity index (χ2n) is 3.00. The Labute approximate surface area is 83.1 Å². The van der Waals surface area contributed by atoms with Crippen molar-refractivity contribution in [3.8, 4) is 0 Å². The van der Waals surface area contributed by atoms with Crippen LogP contribution < -0.4 is 0 Å². The zero-order valence-corrected chi connectivity index (χ0v) is 9.32. The van der Waals surface area contributed by atoms with Gasteiger partial charge in [0, 0.05) is 5.33 Å². The standard InChI is InChI=1S/C11H15Br/c1-3-9-5-10(4-2)7-11(6-9)8-12/h5-7H,3-4,8H2,1-2H3. The van der Waals surface area contributed by atoms with Crippen molar-refractivity contribution in [1.29, 1.82) is 0 Å². The van der Waals surface area contributed by atoms with Gasteiger partial charge in [-0.2, -0.15) is 0 Å². The van der Waals surface area contributed by atoms with Gasteiger partial charge < -0.3 is 0 Å². The first-order valence-corrected chi connectivity index (χ1v) is 5.60. The fraction of sp³-hybridized carbons (Fsp3) is 0.455. The summed E-state index contributed by atoms with van der Waals surface area (Å²) in [5.41, 5.74) is 4.29. The molecule has 0 nitrogen and oxygen atoms in total. The molecule has 0 aromatic heterocycles. The van der Waals surface area contributed by atoms with Crippen LogP contribution in [0.25, 0.3) is 0 Å². The van der Waals surface area contributed by atoms with E-state index in [1.54, 1.807) is 0 Å². The van der Waals surface area contributed by atoms with Gasteiger partial charge in [-0.1, -0.05) is 48.0 Å². The molecule has 1 heteroatoms. The third-order valence-corrected chi connectivity index (χ3v) is 2.73. The monoisotopic (exact) mass is 226 g/mol. The van der Waals surface area contributed by atoms with Crippen LogP contribution in [0.2, 0.25) is 0 Å². The molecule has 0 aliphatic heterocycles. The predicted molar refractivity (Wildman–Crippen MR) is 57.8 cm³/mol. The Balaban J connectivity index is 3.01. The van der Waals surface area contributed by atoms with Gasteiger partial charge in [0.15, 0.2) is 0 Å². The van der Waals surface area contributed by atoms with Crippen molar-refractivity contribution in [3.63, 3.8) is 0 Å². The molecule has 0 aliphatic carbocycles. The van der Waals surface area contributed by atoms with E-state index in [1.807, 2.05) is 0 Å². The van der Waals surface area contributed by atoms with Gasteiger partial charge in [0.25, 0.3) is 0 Å². The van der Waals surface area contributed by atoms with E-state index in [0.717, 1.165) is 18.2 Å². The molecule has 0 saturated heterocycles. The normalized spacial score (nSPS) is 10.2. The molecule has 0 spiro atoms. The van der Waals surface area contributed by atoms with Crippen LogP contribution in [0.4, 0.5) is 0 Å². The quantitative estimate of drug-likeness (QED) is 0.690. The molecule has 0 saturated carbocycles.